The SMILES string of the molecule is CC1CCCC(C)N1C(=O)CN1CCN(C(=O)Oc2ccccc2)CC1. The molecule has 2 aliphatic heterocycles. The second-order valence-electron chi connectivity index (χ2n) is 7.37. The van der Waals surface area contributed by atoms with Crippen LogP contribution in [-0.2, 0) is 4.79 Å². The molecule has 0 aliphatic carbocycles. The van der Waals surface area contributed by atoms with Gasteiger partial charge in [-0.25, -0.2) is 4.79 Å². The minimum atomic E-state index is -0.319. The Morgan fingerprint density at radius 3 is 2.23 bits per heavy atom. The number of amides is 2. The van der Waals surface area contributed by atoms with Gasteiger partial charge in [0.15, 0.2) is 0 Å². The Labute approximate surface area is 155 Å². The van der Waals surface area contributed by atoms with Gasteiger partial charge in [0, 0.05) is 38.3 Å². The van der Waals surface area contributed by atoms with Gasteiger partial charge in [0.25, 0.3) is 0 Å². The molecule has 142 valence electrons. The maximum atomic E-state index is 12.7. The number of para-hydroxylation sites is 1. The first-order valence-electron chi connectivity index (χ1n) is 9.60. The van der Waals surface area contributed by atoms with Gasteiger partial charge in [0.2, 0.25) is 5.91 Å². The molecular formula is C20H29N3O3. The first-order valence-corrected chi connectivity index (χ1v) is 9.60. The molecule has 2 atom stereocenters. The third-order valence-corrected chi connectivity index (χ3v) is 5.42. The Kier molecular flexibility index (Phi) is 6.14. The van der Waals surface area contributed by atoms with Gasteiger partial charge in [-0.2, -0.15) is 0 Å². The summed E-state index contributed by atoms with van der Waals surface area (Å²) in [4.78, 5) is 30.9. The highest BCUT2D eigenvalue weighted by Crippen LogP contribution is 2.23. The number of benzene rings is 1. The first-order chi connectivity index (χ1) is 12.5. The minimum Gasteiger partial charge on any atom is -0.410 e. The van der Waals surface area contributed by atoms with Gasteiger partial charge < -0.3 is 14.5 Å². The molecule has 26 heavy (non-hydrogen) atoms. The Morgan fingerprint density at radius 2 is 1.62 bits per heavy atom. The third-order valence-electron chi connectivity index (χ3n) is 5.42. The highest BCUT2D eigenvalue weighted by atomic mass is 16.6. The van der Waals surface area contributed by atoms with Crippen LogP contribution in [0.15, 0.2) is 30.3 Å². The molecule has 0 N–H and O–H groups in total. The van der Waals surface area contributed by atoms with Gasteiger partial charge in [0.05, 0.1) is 6.54 Å². The van der Waals surface area contributed by atoms with Crippen molar-refractivity contribution in [3.63, 3.8) is 0 Å². The van der Waals surface area contributed by atoms with Crippen molar-refractivity contribution >= 4 is 12.0 Å². The summed E-state index contributed by atoms with van der Waals surface area (Å²) in [6.07, 6.45) is 3.07. The molecule has 2 saturated heterocycles. The molecule has 3 rings (SSSR count). The summed E-state index contributed by atoms with van der Waals surface area (Å²) in [5, 5.41) is 0. The molecule has 2 fully saturated rings. The topological polar surface area (TPSA) is 53.1 Å². The van der Waals surface area contributed by atoms with E-state index in [1.807, 2.05) is 18.2 Å². The molecule has 0 bridgehead atoms. The molecule has 6 nitrogen and oxygen atoms in total. The maximum Gasteiger partial charge on any atom is 0.415 e. The van der Waals surface area contributed by atoms with Gasteiger partial charge in [0.1, 0.15) is 5.75 Å². The number of piperazine rings is 1. The van der Waals surface area contributed by atoms with E-state index in [9.17, 15) is 9.59 Å². The van der Waals surface area contributed by atoms with E-state index in [-0.39, 0.29) is 12.0 Å². The van der Waals surface area contributed by atoms with Crippen LogP contribution in [0.2, 0.25) is 0 Å². The van der Waals surface area contributed by atoms with Crippen LogP contribution in [-0.4, -0.2) is 71.5 Å². The van der Waals surface area contributed by atoms with E-state index in [1.54, 1.807) is 17.0 Å². The summed E-state index contributed by atoms with van der Waals surface area (Å²) < 4.78 is 5.39. The number of carbonyl (C=O) groups excluding carboxylic acids is 2. The smallest absolute Gasteiger partial charge is 0.410 e. The van der Waals surface area contributed by atoms with Crippen molar-refractivity contribution in [2.45, 2.75) is 45.2 Å². The lowest BCUT2D eigenvalue weighted by Crippen LogP contribution is -2.55. The monoisotopic (exact) mass is 359 g/mol. The summed E-state index contributed by atoms with van der Waals surface area (Å²) in [6, 6.07) is 9.77. The zero-order valence-corrected chi connectivity index (χ0v) is 15.8. The highest BCUT2D eigenvalue weighted by molar-refractivity contribution is 5.79. The van der Waals surface area contributed by atoms with E-state index in [1.165, 1.54) is 6.42 Å². The van der Waals surface area contributed by atoms with Crippen molar-refractivity contribution in [2.75, 3.05) is 32.7 Å². The highest BCUT2D eigenvalue weighted by Gasteiger charge is 2.31. The van der Waals surface area contributed by atoms with Crippen molar-refractivity contribution < 1.29 is 14.3 Å². The van der Waals surface area contributed by atoms with Crippen LogP contribution in [0.4, 0.5) is 4.79 Å². The molecule has 1 aromatic rings. The summed E-state index contributed by atoms with van der Waals surface area (Å²) in [6.45, 7) is 7.30. The van der Waals surface area contributed by atoms with Crippen molar-refractivity contribution in [1.82, 2.24) is 14.7 Å². The zero-order chi connectivity index (χ0) is 18.5. The van der Waals surface area contributed by atoms with Gasteiger partial charge in [-0.05, 0) is 45.2 Å². The number of ether oxygens (including phenoxy) is 1. The lowest BCUT2D eigenvalue weighted by atomic mass is 9.97. The van der Waals surface area contributed by atoms with Crippen LogP contribution in [0, 0.1) is 0 Å². The van der Waals surface area contributed by atoms with Gasteiger partial charge >= 0.3 is 6.09 Å². The zero-order valence-electron chi connectivity index (χ0n) is 15.8. The molecule has 0 radical (unpaired) electrons. The predicted octanol–water partition coefficient (Wildman–Crippen LogP) is 2.59. The van der Waals surface area contributed by atoms with Crippen LogP contribution < -0.4 is 4.74 Å². The number of hydrogen-bond donors (Lipinski definition) is 0. The Bertz CT molecular complexity index is 604. The molecule has 0 saturated carbocycles. The lowest BCUT2D eigenvalue weighted by molar-refractivity contribution is -0.138. The largest absolute Gasteiger partial charge is 0.415 e. The number of carbonyl (C=O) groups is 2. The molecule has 2 heterocycles. The molecule has 0 spiro atoms. The van der Waals surface area contributed by atoms with Crippen LogP contribution in [0.5, 0.6) is 5.75 Å². The lowest BCUT2D eigenvalue weighted by Gasteiger charge is -2.41. The quantitative estimate of drug-likeness (QED) is 0.832. The Balaban J connectivity index is 1.46. The van der Waals surface area contributed by atoms with E-state index in [4.69, 9.17) is 4.74 Å². The number of hydrogen-bond acceptors (Lipinski definition) is 4. The van der Waals surface area contributed by atoms with Crippen LogP contribution in [0.1, 0.15) is 33.1 Å². The number of nitrogens with zero attached hydrogens (tertiary/aromatic N) is 3. The fourth-order valence-electron chi connectivity index (χ4n) is 3.93. The van der Waals surface area contributed by atoms with Gasteiger partial charge in [-0.1, -0.05) is 18.2 Å². The predicted molar refractivity (Wildman–Crippen MR) is 100 cm³/mol. The summed E-state index contributed by atoms with van der Waals surface area (Å²) in [5.74, 6) is 0.771. The Hall–Kier alpha value is -2.08. The maximum absolute atomic E-state index is 12.7. The number of likely N-dealkylation sites (tertiary alicyclic amines) is 1. The fourth-order valence-corrected chi connectivity index (χ4v) is 3.93. The number of rotatable bonds is 3. The van der Waals surface area contributed by atoms with Crippen LogP contribution in [0.25, 0.3) is 0 Å². The average molecular weight is 359 g/mol. The van der Waals surface area contributed by atoms with E-state index in [2.05, 4.69) is 23.6 Å². The van der Waals surface area contributed by atoms with Crippen molar-refractivity contribution in [3.8, 4) is 5.75 Å². The summed E-state index contributed by atoms with van der Waals surface area (Å²) in [7, 11) is 0. The van der Waals surface area contributed by atoms with Gasteiger partial charge in [-0.15, -0.1) is 0 Å². The number of piperidine rings is 1. The van der Waals surface area contributed by atoms with Crippen molar-refractivity contribution in [1.29, 1.82) is 0 Å². The van der Waals surface area contributed by atoms with E-state index < -0.39 is 0 Å². The second-order valence-corrected chi connectivity index (χ2v) is 7.37. The van der Waals surface area contributed by atoms with Crippen molar-refractivity contribution in [3.05, 3.63) is 30.3 Å². The Morgan fingerprint density at radius 1 is 1.00 bits per heavy atom. The van der Waals surface area contributed by atoms with Crippen molar-refractivity contribution in [2.24, 2.45) is 0 Å². The van der Waals surface area contributed by atoms with E-state index >= 15 is 0 Å². The third kappa shape index (κ3) is 4.55. The second kappa shape index (κ2) is 8.54. The van der Waals surface area contributed by atoms with Crippen LogP contribution in [0.3, 0.4) is 0 Å². The first kappa shape index (κ1) is 18.7. The standard InChI is InChI=1S/C20H29N3O3/c1-16-7-6-8-17(2)23(16)19(24)15-21-11-13-22(14-12-21)20(25)26-18-9-4-3-5-10-18/h3-5,9-10,16-17H,6-8,11-15H2,1-2H3. The minimum absolute atomic E-state index is 0.213. The van der Waals surface area contributed by atoms with E-state index in [0.717, 1.165) is 12.8 Å². The molecule has 2 aliphatic rings. The van der Waals surface area contributed by atoms with E-state index in [0.29, 0.717) is 50.6 Å². The summed E-state index contributed by atoms with van der Waals surface area (Å²) in [5.41, 5.74) is 0. The molecule has 1 aromatic carbocycles. The van der Waals surface area contributed by atoms with Crippen LogP contribution >= 0.6 is 0 Å². The fraction of sp³-hybridized carbons (Fsp3) is 0.600. The summed E-state index contributed by atoms with van der Waals surface area (Å²) >= 11 is 0. The molecule has 6 heteroatoms. The molecule has 2 amide bonds. The molecular weight excluding hydrogens is 330 g/mol. The average Bonchev–Trinajstić information content (AvgIpc) is 2.63. The molecule has 0 aromatic heterocycles. The normalized spacial score (nSPS) is 24.4. The molecule has 2 unspecified atom stereocenters. The van der Waals surface area contributed by atoms with Gasteiger partial charge in [-0.3, -0.25) is 9.69 Å².